The fourth-order valence-electron chi connectivity index (χ4n) is 2.79. The van der Waals surface area contributed by atoms with Crippen molar-refractivity contribution in [3.63, 3.8) is 0 Å². The number of fused-ring (bicyclic) bond motifs is 1. The van der Waals surface area contributed by atoms with Gasteiger partial charge in [-0.3, -0.25) is 9.69 Å². The Balaban J connectivity index is 1.74. The van der Waals surface area contributed by atoms with Crippen molar-refractivity contribution in [1.29, 1.82) is 0 Å². The Morgan fingerprint density at radius 3 is 2.50 bits per heavy atom. The molecule has 1 aromatic carbocycles. The molecule has 1 aliphatic heterocycles. The van der Waals surface area contributed by atoms with E-state index in [2.05, 4.69) is 17.4 Å². The summed E-state index contributed by atoms with van der Waals surface area (Å²) in [6, 6.07) is 7.90. The predicted molar refractivity (Wildman–Crippen MR) is 67.1 cm³/mol. The highest BCUT2D eigenvalue weighted by Gasteiger charge is 2.34. The molecule has 3 rings (SSSR count). The molecule has 0 atom stereocenters. The van der Waals surface area contributed by atoms with Crippen LogP contribution in [-0.2, 0) is 17.6 Å². The molecule has 18 heavy (non-hydrogen) atoms. The van der Waals surface area contributed by atoms with E-state index in [1.54, 1.807) is 0 Å². The van der Waals surface area contributed by atoms with E-state index in [0.29, 0.717) is 13.1 Å². The van der Waals surface area contributed by atoms with Crippen molar-refractivity contribution in [2.45, 2.75) is 19.3 Å². The van der Waals surface area contributed by atoms with Crippen molar-refractivity contribution >= 4 is 11.9 Å². The smallest absolute Gasteiger partial charge is 0.324 e. The van der Waals surface area contributed by atoms with Crippen LogP contribution in [-0.4, -0.2) is 29.9 Å². The number of amides is 3. The average Bonchev–Trinajstić information content (AvgIpc) is 2.82. The summed E-state index contributed by atoms with van der Waals surface area (Å²) in [6.45, 7) is 1.23. The quantitative estimate of drug-likeness (QED) is 0.810. The zero-order valence-electron chi connectivity index (χ0n) is 10.2. The molecule has 4 heteroatoms. The first-order chi connectivity index (χ1) is 8.75. The van der Waals surface area contributed by atoms with Crippen LogP contribution in [0.1, 0.15) is 17.5 Å². The molecule has 0 aromatic heterocycles. The first-order valence-corrected chi connectivity index (χ1v) is 6.41. The number of imide groups is 1. The lowest BCUT2D eigenvalue weighted by molar-refractivity contribution is -0.132. The van der Waals surface area contributed by atoms with Gasteiger partial charge in [0, 0.05) is 19.0 Å². The summed E-state index contributed by atoms with van der Waals surface area (Å²) in [5.74, 6) is -0.0883. The van der Waals surface area contributed by atoms with Gasteiger partial charge in [-0.2, -0.15) is 0 Å². The van der Waals surface area contributed by atoms with Gasteiger partial charge in [0.1, 0.15) is 0 Å². The number of benzene rings is 1. The number of hydrogen-bond donors (Lipinski definition) is 1. The molecule has 0 bridgehead atoms. The lowest BCUT2D eigenvalue weighted by atomic mass is 10.0. The Morgan fingerprint density at radius 2 is 1.89 bits per heavy atom. The first kappa shape index (κ1) is 11.3. The van der Waals surface area contributed by atoms with Crippen molar-refractivity contribution in [2.75, 3.05) is 13.1 Å². The zero-order chi connectivity index (χ0) is 12.5. The summed E-state index contributed by atoms with van der Waals surface area (Å²) in [5, 5.41) is 2.72. The van der Waals surface area contributed by atoms with Crippen LogP contribution in [0.2, 0.25) is 0 Å². The number of nitrogens with one attached hydrogen (secondary N) is 1. The van der Waals surface area contributed by atoms with Crippen molar-refractivity contribution in [2.24, 2.45) is 5.92 Å². The van der Waals surface area contributed by atoms with E-state index in [0.717, 1.165) is 19.3 Å². The number of rotatable bonds is 1. The number of carbonyl (C=O) groups excluding carboxylic acids is 2. The highest BCUT2D eigenvalue weighted by molar-refractivity contribution is 5.96. The van der Waals surface area contributed by atoms with Gasteiger partial charge in [-0.05, 0) is 30.4 Å². The first-order valence-electron chi connectivity index (χ1n) is 6.41. The number of hydrogen-bond acceptors (Lipinski definition) is 2. The minimum absolute atomic E-state index is 0.0246. The standard InChI is InChI=1S/C14H16N2O2/c17-13(16-7-3-6-15-14(16)18)12-8-10-4-1-2-5-11(10)9-12/h1-2,4-5,12H,3,6-9H2,(H,15,18). The molecule has 3 amide bonds. The normalized spacial score (nSPS) is 19.6. The van der Waals surface area contributed by atoms with Gasteiger partial charge in [-0.25, -0.2) is 4.79 Å². The number of nitrogens with zero attached hydrogens (tertiary/aromatic N) is 1. The fourth-order valence-corrected chi connectivity index (χ4v) is 2.79. The van der Waals surface area contributed by atoms with Crippen LogP contribution in [0.5, 0.6) is 0 Å². The lowest BCUT2D eigenvalue weighted by Gasteiger charge is -2.27. The summed E-state index contributed by atoms with van der Waals surface area (Å²) < 4.78 is 0. The topological polar surface area (TPSA) is 49.4 Å². The molecule has 0 saturated carbocycles. The van der Waals surface area contributed by atoms with Gasteiger partial charge >= 0.3 is 6.03 Å². The van der Waals surface area contributed by atoms with Crippen LogP contribution in [0.25, 0.3) is 0 Å². The Kier molecular flexibility index (Phi) is 2.78. The molecule has 1 aromatic rings. The van der Waals surface area contributed by atoms with Gasteiger partial charge < -0.3 is 5.32 Å². The molecular formula is C14H16N2O2. The Morgan fingerprint density at radius 1 is 1.22 bits per heavy atom. The molecule has 1 saturated heterocycles. The second-order valence-corrected chi connectivity index (χ2v) is 4.95. The third kappa shape index (κ3) is 1.88. The maximum Gasteiger partial charge on any atom is 0.324 e. The molecule has 1 fully saturated rings. The maximum absolute atomic E-state index is 12.3. The van der Waals surface area contributed by atoms with Crippen molar-refractivity contribution in [3.8, 4) is 0 Å². The van der Waals surface area contributed by atoms with E-state index in [9.17, 15) is 9.59 Å². The average molecular weight is 244 g/mol. The van der Waals surface area contributed by atoms with Gasteiger partial charge in [-0.1, -0.05) is 24.3 Å². The van der Waals surface area contributed by atoms with Gasteiger partial charge in [0.2, 0.25) is 5.91 Å². The molecule has 2 aliphatic rings. The molecule has 1 heterocycles. The molecular weight excluding hydrogens is 228 g/mol. The third-order valence-corrected chi connectivity index (χ3v) is 3.75. The Labute approximate surface area is 106 Å². The van der Waals surface area contributed by atoms with E-state index < -0.39 is 0 Å². The molecule has 94 valence electrons. The summed E-state index contributed by atoms with van der Waals surface area (Å²) in [6.07, 6.45) is 2.37. The third-order valence-electron chi connectivity index (χ3n) is 3.75. The van der Waals surface area contributed by atoms with Gasteiger partial charge in [0.05, 0.1) is 0 Å². The maximum atomic E-state index is 12.3. The fraction of sp³-hybridized carbons (Fsp3) is 0.429. The monoisotopic (exact) mass is 244 g/mol. The van der Waals surface area contributed by atoms with E-state index in [1.165, 1.54) is 16.0 Å². The van der Waals surface area contributed by atoms with Crippen molar-refractivity contribution in [3.05, 3.63) is 35.4 Å². The minimum Gasteiger partial charge on any atom is -0.338 e. The summed E-state index contributed by atoms with van der Waals surface area (Å²) in [4.78, 5) is 25.4. The van der Waals surface area contributed by atoms with Crippen LogP contribution in [0.3, 0.4) is 0 Å². The van der Waals surface area contributed by atoms with E-state index in [4.69, 9.17) is 0 Å². The van der Waals surface area contributed by atoms with Gasteiger partial charge in [0.25, 0.3) is 0 Å². The second-order valence-electron chi connectivity index (χ2n) is 4.95. The van der Waals surface area contributed by atoms with Crippen LogP contribution < -0.4 is 5.32 Å². The highest BCUT2D eigenvalue weighted by Crippen LogP contribution is 2.28. The van der Waals surface area contributed by atoms with E-state index in [-0.39, 0.29) is 17.9 Å². The van der Waals surface area contributed by atoms with Crippen LogP contribution >= 0.6 is 0 Å². The van der Waals surface area contributed by atoms with Gasteiger partial charge in [-0.15, -0.1) is 0 Å². The number of urea groups is 1. The number of carbonyl (C=O) groups is 2. The summed E-state index contributed by atoms with van der Waals surface area (Å²) in [7, 11) is 0. The van der Waals surface area contributed by atoms with Crippen LogP contribution in [0, 0.1) is 5.92 Å². The molecule has 0 spiro atoms. The summed E-state index contributed by atoms with van der Waals surface area (Å²) in [5.41, 5.74) is 2.49. The lowest BCUT2D eigenvalue weighted by Crippen LogP contribution is -2.51. The largest absolute Gasteiger partial charge is 0.338 e. The van der Waals surface area contributed by atoms with Gasteiger partial charge in [0.15, 0.2) is 0 Å². The second kappa shape index (κ2) is 4.44. The van der Waals surface area contributed by atoms with E-state index in [1.807, 2.05) is 12.1 Å². The van der Waals surface area contributed by atoms with Crippen molar-refractivity contribution in [1.82, 2.24) is 10.2 Å². The minimum atomic E-state index is -0.234. The Hall–Kier alpha value is -1.84. The SMILES string of the molecule is O=C1NCCCN1C(=O)C1Cc2ccccc2C1. The Bertz CT molecular complexity index is 473. The molecule has 4 nitrogen and oxygen atoms in total. The summed E-state index contributed by atoms with van der Waals surface area (Å²) >= 11 is 0. The molecule has 0 unspecified atom stereocenters. The predicted octanol–water partition coefficient (Wildman–Crippen LogP) is 1.34. The van der Waals surface area contributed by atoms with E-state index >= 15 is 0 Å². The molecule has 1 N–H and O–H groups in total. The van der Waals surface area contributed by atoms with Crippen LogP contribution in [0.15, 0.2) is 24.3 Å². The highest BCUT2D eigenvalue weighted by atomic mass is 16.2. The molecule has 0 radical (unpaired) electrons. The zero-order valence-corrected chi connectivity index (χ0v) is 10.2. The molecule has 1 aliphatic carbocycles. The van der Waals surface area contributed by atoms with Crippen LogP contribution in [0.4, 0.5) is 4.79 Å². The van der Waals surface area contributed by atoms with Crippen molar-refractivity contribution < 1.29 is 9.59 Å².